The number of anilines is 2. The molecule has 2 atom stereocenters. The number of aromatic nitrogens is 5. The Bertz CT molecular complexity index is 1990. The zero-order valence-electron chi connectivity index (χ0n) is 25.1. The molecule has 0 bridgehead atoms. The van der Waals surface area contributed by atoms with E-state index in [1.807, 2.05) is 18.2 Å². The molecule has 2 aromatic carbocycles. The topological polar surface area (TPSA) is 178 Å². The van der Waals surface area contributed by atoms with E-state index in [1.54, 1.807) is 61.1 Å². The minimum Gasteiger partial charge on any atom is -0.480 e. The zero-order valence-corrected chi connectivity index (χ0v) is 25.1. The van der Waals surface area contributed by atoms with Crippen LogP contribution in [0.25, 0.3) is 22.6 Å². The number of aliphatic carboxylic acids is 1. The predicted molar refractivity (Wildman–Crippen MR) is 168 cm³/mol. The smallest absolute Gasteiger partial charge is 0.326 e. The van der Waals surface area contributed by atoms with E-state index >= 15 is 0 Å². The number of amides is 2. The summed E-state index contributed by atoms with van der Waals surface area (Å²) < 4.78 is 16.0. The van der Waals surface area contributed by atoms with Gasteiger partial charge in [-0.25, -0.2) is 28.8 Å². The predicted octanol–water partition coefficient (Wildman–Crippen LogP) is 3.83. The van der Waals surface area contributed by atoms with Crippen molar-refractivity contribution in [2.75, 3.05) is 11.1 Å². The van der Waals surface area contributed by atoms with E-state index in [0.29, 0.717) is 46.3 Å². The highest BCUT2D eigenvalue weighted by atomic mass is 19.1. The summed E-state index contributed by atoms with van der Waals surface area (Å²) in [6.07, 6.45) is 2.42. The molecule has 1 aliphatic rings. The molecule has 46 heavy (non-hydrogen) atoms. The van der Waals surface area contributed by atoms with E-state index in [2.05, 4.69) is 30.7 Å². The first-order chi connectivity index (χ1) is 22.1. The summed E-state index contributed by atoms with van der Waals surface area (Å²) in [4.78, 5) is 50.6. The maximum absolute atomic E-state index is 14.5. The van der Waals surface area contributed by atoms with E-state index in [-0.39, 0.29) is 48.1 Å². The summed E-state index contributed by atoms with van der Waals surface area (Å²) >= 11 is 0. The Morgan fingerprint density at radius 1 is 1.11 bits per heavy atom. The van der Waals surface area contributed by atoms with Crippen LogP contribution < -0.4 is 16.4 Å². The number of nitrogen functional groups attached to an aromatic ring is 1. The van der Waals surface area contributed by atoms with Crippen LogP contribution in [0.3, 0.4) is 0 Å². The average Bonchev–Trinajstić information content (AvgIpc) is 3.54. The van der Waals surface area contributed by atoms with Crippen molar-refractivity contribution < 1.29 is 23.9 Å². The number of nitrogens with two attached hydrogens (primary N) is 1. The average molecular weight is 623 g/mol. The van der Waals surface area contributed by atoms with Crippen LogP contribution in [0.1, 0.15) is 48.9 Å². The SMILES string of the molecule is CCC(NC(=O)CCc1ccc(C2(C)C(=O)Nc3nc(-c4nn(Cc5ccccc5F)c5ncccc45)nc(N)c32)cc1)C(=O)O. The molecule has 6 rings (SSSR count). The third-order valence-corrected chi connectivity index (χ3v) is 8.33. The monoisotopic (exact) mass is 622 g/mol. The van der Waals surface area contributed by atoms with Gasteiger partial charge in [0.1, 0.15) is 34.6 Å². The molecule has 5 aromatic rings. The molecule has 0 radical (unpaired) electrons. The van der Waals surface area contributed by atoms with Crippen LogP contribution in [0.15, 0.2) is 66.9 Å². The van der Waals surface area contributed by atoms with Crippen LogP contribution in [-0.2, 0) is 32.8 Å². The molecule has 0 spiro atoms. The lowest BCUT2D eigenvalue weighted by Gasteiger charge is -2.23. The number of carboxylic acids is 1. The van der Waals surface area contributed by atoms with Gasteiger partial charge in [0.2, 0.25) is 11.8 Å². The third kappa shape index (κ3) is 5.40. The van der Waals surface area contributed by atoms with Crippen LogP contribution in [0.2, 0.25) is 0 Å². The number of carbonyl (C=O) groups excluding carboxylic acids is 2. The molecule has 2 amide bonds. The van der Waals surface area contributed by atoms with Crippen molar-refractivity contribution in [3.63, 3.8) is 0 Å². The maximum atomic E-state index is 14.5. The number of hydrogen-bond acceptors (Lipinski definition) is 8. The number of carboxylic acid groups (broad SMARTS) is 1. The summed E-state index contributed by atoms with van der Waals surface area (Å²) in [6, 6.07) is 16.3. The van der Waals surface area contributed by atoms with Gasteiger partial charge in [-0.1, -0.05) is 49.4 Å². The number of nitrogens with one attached hydrogen (secondary N) is 2. The highest BCUT2D eigenvalue weighted by Gasteiger charge is 2.47. The molecule has 0 aliphatic carbocycles. The highest BCUT2D eigenvalue weighted by Crippen LogP contribution is 2.45. The van der Waals surface area contributed by atoms with Gasteiger partial charge >= 0.3 is 5.97 Å². The Kier molecular flexibility index (Phi) is 7.90. The Balaban J connectivity index is 1.28. The number of benzene rings is 2. The van der Waals surface area contributed by atoms with Gasteiger partial charge < -0.3 is 21.5 Å². The van der Waals surface area contributed by atoms with E-state index in [4.69, 9.17) is 10.8 Å². The first-order valence-electron chi connectivity index (χ1n) is 14.8. The molecule has 1 aliphatic heterocycles. The van der Waals surface area contributed by atoms with Crippen molar-refractivity contribution in [2.24, 2.45) is 0 Å². The number of hydrogen-bond donors (Lipinski definition) is 4. The molecule has 2 unspecified atom stereocenters. The summed E-state index contributed by atoms with van der Waals surface area (Å²) in [5.41, 5.74) is 8.61. The third-order valence-electron chi connectivity index (χ3n) is 8.33. The van der Waals surface area contributed by atoms with Crippen LogP contribution in [0.5, 0.6) is 0 Å². The fourth-order valence-corrected chi connectivity index (χ4v) is 5.73. The van der Waals surface area contributed by atoms with Gasteiger partial charge in [0.25, 0.3) is 0 Å². The van der Waals surface area contributed by atoms with Crippen molar-refractivity contribution in [2.45, 2.75) is 51.1 Å². The van der Waals surface area contributed by atoms with Crippen molar-refractivity contribution in [1.82, 2.24) is 30.0 Å². The molecule has 234 valence electrons. The molecule has 12 nitrogen and oxygen atoms in total. The quantitative estimate of drug-likeness (QED) is 0.180. The van der Waals surface area contributed by atoms with Crippen molar-refractivity contribution in [1.29, 1.82) is 0 Å². The summed E-state index contributed by atoms with van der Waals surface area (Å²) in [5.74, 6) is -1.55. The standard InChI is InChI=1S/C33H31FN8O4/c1-3-23(31(44)45)37-24(43)15-12-18-10-13-20(14-11-18)33(2)25-27(35)38-29(39-28(25)40-32(33)46)26-21-8-6-16-36-30(21)42(41-26)17-19-7-4-5-9-22(19)34/h4-11,13-14,16,23H,3,12,15,17H2,1-2H3,(H,37,43)(H,44,45)(H3,35,38,39,40,46). The Labute approximate surface area is 262 Å². The van der Waals surface area contributed by atoms with Gasteiger partial charge in [0.15, 0.2) is 11.5 Å². The number of rotatable bonds is 10. The lowest BCUT2D eigenvalue weighted by Crippen LogP contribution is -2.40. The number of carbonyl (C=O) groups is 3. The zero-order chi connectivity index (χ0) is 32.6. The molecule has 3 aromatic heterocycles. The van der Waals surface area contributed by atoms with E-state index in [9.17, 15) is 18.8 Å². The number of nitrogens with zero attached hydrogens (tertiary/aromatic N) is 5. The van der Waals surface area contributed by atoms with Crippen molar-refractivity contribution in [3.05, 3.63) is 94.9 Å². The van der Waals surface area contributed by atoms with E-state index < -0.39 is 17.4 Å². The number of aryl methyl sites for hydroxylation is 1. The number of pyridine rings is 1. The van der Waals surface area contributed by atoms with Crippen molar-refractivity contribution in [3.8, 4) is 11.5 Å². The van der Waals surface area contributed by atoms with E-state index in [0.717, 1.165) is 5.56 Å². The van der Waals surface area contributed by atoms with Crippen LogP contribution in [0, 0.1) is 5.82 Å². The van der Waals surface area contributed by atoms with E-state index in [1.165, 1.54) is 6.07 Å². The fourth-order valence-electron chi connectivity index (χ4n) is 5.73. The van der Waals surface area contributed by atoms with Gasteiger partial charge in [-0.15, -0.1) is 0 Å². The molecule has 0 saturated carbocycles. The summed E-state index contributed by atoms with van der Waals surface area (Å²) in [6.45, 7) is 3.57. The molecule has 13 heteroatoms. The van der Waals surface area contributed by atoms with Gasteiger partial charge in [-0.2, -0.15) is 5.10 Å². The van der Waals surface area contributed by atoms with Crippen LogP contribution in [-0.4, -0.2) is 53.7 Å². The van der Waals surface area contributed by atoms with Gasteiger partial charge in [-0.05, 0) is 49.1 Å². The van der Waals surface area contributed by atoms with Gasteiger partial charge in [-0.3, -0.25) is 9.59 Å². The van der Waals surface area contributed by atoms with Gasteiger partial charge in [0.05, 0.1) is 17.5 Å². The Morgan fingerprint density at radius 3 is 2.59 bits per heavy atom. The molecular formula is C33H31FN8O4. The second kappa shape index (κ2) is 12.0. The van der Waals surface area contributed by atoms with Crippen LogP contribution in [0.4, 0.5) is 16.0 Å². The Hall–Kier alpha value is -5.72. The normalized spacial score (nSPS) is 16.2. The summed E-state index contributed by atoms with van der Waals surface area (Å²) in [7, 11) is 0. The minimum absolute atomic E-state index is 0.103. The first-order valence-corrected chi connectivity index (χ1v) is 14.8. The lowest BCUT2D eigenvalue weighted by atomic mass is 9.77. The second-order valence-electron chi connectivity index (χ2n) is 11.3. The molecule has 4 heterocycles. The Morgan fingerprint density at radius 2 is 1.87 bits per heavy atom. The maximum Gasteiger partial charge on any atom is 0.326 e. The number of fused-ring (bicyclic) bond motifs is 2. The lowest BCUT2D eigenvalue weighted by molar-refractivity contribution is -0.141. The van der Waals surface area contributed by atoms with Crippen LogP contribution >= 0.6 is 0 Å². The molecule has 0 saturated heterocycles. The molecule has 5 N–H and O–H groups in total. The fraction of sp³-hybridized carbons (Fsp3) is 0.242. The van der Waals surface area contributed by atoms with Crippen molar-refractivity contribution >= 4 is 40.5 Å². The summed E-state index contributed by atoms with van der Waals surface area (Å²) in [5, 5.41) is 19.9. The largest absolute Gasteiger partial charge is 0.480 e. The first kappa shape index (κ1) is 30.3. The molecular weight excluding hydrogens is 591 g/mol. The number of halogens is 1. The second-order valence-corrected chi connectivity index (χ2v) is 11.3. The molecule has 0 fully saturated rings. The highest BCUT2D eigenvalue weighted by molar-refractivity contribution is 6.09. The van der Waals surface area contributed by atoms with Gasteiger partial charge in [0, 0.05) is 18.2 Å². The minimum atomic E-state index is -1.20.